The molecule has 2 aromatic heterocycles. The molecule has 8 nitrogen and oxygen atoms in total. The van der Waals surface area contributed by atoms with Crippen LogP contribution in [0.1, 0.15) is 16.9 Å². The Kier molecular flexibility index (Phi) is 6.41. The number of furan rings is 1. The van der Waals surface area contributed by atoms with Gasteiger partial charge in [-0.1, -0.05) is 48.0 Å². The molecule has 2 heterocycles. The van der Waals surface area contributed by atoms with Crippen molar-refractivity contribution in [1.82, 2.24) is 25.5 Å². The van der Waals surface area contributed by atoms with Crippen molar-refractivity contribution >= 4 is 17.7 Å². The van der Waals surface area contributed by atoms with Crippen LogP contribution in [-0.4, -0.2) is 39.8 Å². The first-order valence-corrected chi connectivity index (χ1v) is 10.2. The fourth-order valence-corrected chi connectivity index (χ4v) is 3.35. The third kappa shape index (κ3) is 4.75. The van der Waals surface area contributed by atoms with Crippen molar-refractivity contribution < 1.29 is 13.9 Å². The summed E-state index contributed by atoms with van der Waals surface area (Å²) in [5.41, 5.74) is 3.20. The first-order chi connectivity index (χ1) is 15.7. The molecule has 0 aliphatic heterocycles. The number of tetrazole rings is 1. The van der Waals surface area contributed by atoms with Crippen LogP contribution in [-0.2, 0) is 11.2 Å². The Bertz CT molecular complexity index is 1210. The average Bonchev–Trinajstić information content (AvgIpc) is 3.50. The molecule has 0 spiro atoms. The van der Waals surface area contributed by atoms with Crippen LogP contribution in [0.3, 0.4) is 0 Å². The zero-order valence-corrected chi connectivity index (χ0v) is 17.9. The molecule has 32 heavy (non-hydrogen) atoms. The lowest BCUT2D eigenvalue weighted by Crippen LogP contribution is -2.29. The van der Waals surface area contributed by atoms with Gasteiger partial charge in [0.25, 0.3) is 5.91 Å². The molecule has 1 N–H and O–H groups in total. The summed E-state index contributed by atoms with van der Waals surface area (Å²) < 4.78 is 12.3. The number of nitrogens with one attached hydrogen (secondary N) is 1. The van der Waals surface area contributed by atoms with Gasteiger partial charge in [0.2, 0.25) is 0 Å². The maximum absolute atomic E-state index is 13.2. The molecule has 0 fully saturated rings. The molecule has 8 heteroatoms. The molecule has 0 saturated heterocycles. The molecular weight excluding hydrogens is 406 g/mol. The Balaban J connectivity index is 1.58. The molecule has 4 aromatic rings. The summed E-state index contributed by atoms with van der Waals surface area (Å²) in [6.45, 7) is 2.44. The minimum Gasteiger partial charge on any atom is -0.496 e. The molecule has 0 unspecified atom stereocenters. The maximum Gasteiger partial charge on any atom is 0.270 e. The summed E-state index contributed by atoms with van der Waals surface area (Å²) >= 11 is 0. The standard InChI is InChI=1S/C24H23N5O3/c1-17-10-11-22(31-2)19(15-17)12-13-25-24(30)21(16-20-9-6-14-32-20)29-23(26-27-28-29)18-7-4-3-5-8-18/h3-11,14-16H,12-13H2,1-2H3,(H,25,30)/b21-16-. The zero-order chi connectivity index (χ0) is 22.3. The predicted octanol–water partition coefficient (Wildman–Crippen LogP) is 3.61. The largest absolute Gasteiger partial charge is 0.496 e. The first kappa shape index (κ1) is 21.0. The Morgan fingerprint density at radius 2 is 2.00 bits per heavy atom. The number of methoxy groups -OCH3 is 1. The Hall–Kier alpha value is -4.20. The van der Waals surface area contributed by atoms with Gasteiger partial charge in [-0.3, -0.25) is 4.79 Å². The van der Waals surface area contributed by atoms with E-state index in [0.29, 0.717) is 24.6 Å². The van der Waals surface area contributed by atoms with E-state index in [1.54, 1.807) is 31.6 Å². The topological polar surface area (TPSA) is 95.1 Å². The van der Waals surface area contributed by atoms with Gasteiger partial charge in [-0.05, 0) is 47.5 Å². The van der Waals surface area contributed by atoms with Gasteiger partial charge in [-0.15, -0.1) is 5.10 Å². The van der Waals surface area contributed by atoms with Crippen molar-refractivity contribution in [3.05, 3.63) is 83.8 Å². The molecule has 0 aliphatic carbocycles. The number of hydrogen-bond acceptors (Lipinski definition) is 6. The lowest BCUT2D eigenvalue weighted by atomic mass is 10.1. The molecule has 4 rings (SSSR count). The van der Waals surface area contributed by atoms with Gasteiger partial charge >= 0.3 is 0 Å². The van der Waals surface area contributed by atoms with Gasteiger partial charge in [0.15, 0.2) is 5.82 Å². The average molecular weight is 429 g/mol. The van der Waals surface area contributed by atoms with Crippen molar-refractivity contribution in [2.24, 2.45) is 0 Å². The van der Waals surface area contributed by atoms with Crippen molar-refractivity contribution in [2.45, 2.75) is 13.3 Å². The van der Waals surface area contributed by atoms with E-state index < -0.39 is 0 Å². The molecule has 0 atom stereocenters. The summed E-state index contributed by atoms with van der Waals surface area (Å²) in [5, 5.41) is 14.9. The minimum absolute atomic E-state index is 0.250. The first-order valence-electron chi connectivity index (χ1n) is 10.2. The lowest BCUT2D eigenvalue weighted by Gasteiger charge is -2.12. The van der Waals surface area contributed by atoms with E-state index in [1.165, 1.54) is 4.68 Å². The third-order valence-corrected chi connectivity index (χ3v) is 4.90. The van der Waals surface area contributed by atoms with Crippen LogP contribution in [0.4, 0.5) is 0 Å². The van der Waals surface area contributed by atoms with Crippen LogP contribution in [0, 0.1) is 6.92 Å². The fourth-order valence-electron chi connectivity index (χ4n) is 3.35. The number of nitrogens with zero attached hydrogens (tertiary/aromatic N) is 4. The van der Waals surface area contributed by atoms with Crippen LogP contribution >= 0.6 is 0 Å². The molecule has 0 aliphatic rings. The van der Waals surface area contributed by atoms with Crippen molar-refractivity contribution in [1.29, 1.82) is 0 Å². The minimum atomic E-state index is -0.322. The normalized spacial score (nSPS) is 11.4. The van der Waals surface area contributed by atoms with Gasteiger partial charge in [0.05, 0.1) is 13.4 Å². The summed E-state index contributed by atoms with van der Waals surface area (Å²) in [6, 6.07) is 18.9. The van der Waals surface area contributed by atoms with E-state index in [2.05, 4.69) is 26.9 Å². The van der Waals surface area contributed by atoms with Crippen LogP contribution in [0.5, 0.6) is 5.75 Å². The maximum atomic E-state index is 13.2. The highest BCUT2D eigenvalue weighted by atomic mass is 16.5. The smallest absolute Gasteiger partial charge is 0.270 e. The van der Waals surface area contributed by atoms with E-state index >= 15 is 0 Å². The highest BCUT2D eigenvalue weighted by Gasteiger charge is 2.19. The molecule has 0 radical (unpaired) electrons. The lowest BCUT2D eigenvalue weighted by molar-refractivity contribution is -0.115. The number of amides is 1. The second-order valence-corrected chi connectivity index (χ2v) is 7.15. The van der Waals surface area contributed by atoms with E-state index in [0.717, 1.165) is 22.4 Å². The Morgan fingerprint density at radius 3 is 2.75 bits per heavy atom. The third-order valence-electron chi connectivity index (χ3n) is 4.90. The molecule has 2 aromatic carbocycles. The number of rotatable bonds is 8. The summed E-state index contributed by atoms with van der Waals surface area (Å²) in [4.78, 5) is 13.2. The van der Waals surface area contributed by atoms with E-state index in [1.807, 2.05) is 49.4 Å². The summed E-state index contributed by atoms with van der Waals surface area (Å²) in [5.74, 6) is 1.45. The molecule has 0 saturated carbocycles. The fraction of sp³-hybridized carbons (Fsp3) is 0.167. The highest BCUT2D eigenvalue weighted by Crippen LogP contribution is 2.22. The number of carbonyl (C=O) groups excluding carboxylic acids is 1. The summed E-state index contributed by atoms with van der Waals surface area (Å²) in [7, 11) is 1.64. The Morgan fingerprint density at radius 1 is 1.16 bits per heavy atom. The monoisotopic (exact) mass is 429 g/mol. The zero-order valence-electron chi connectivity index (χ0n) is 17.9. The second kappa shape index (κ2) is 9.74. The van der Waals surface area contributed by atoms with E-state index in [4.69, 9.17) is 9.15 Å². The van der Waals surface area contributed by atoms with Crippen LogP contribution in [0.25, 0.3) is 23.2 Å². The van der Waals surface area contributed by atoms with Gasteiger partial charge in [0.1, 0.15) is 17.2 Å². The molecule has 162 valence electrons. The van der Waals surface area contributed by atoms with Crippen LogP contribution in [0.15, 0.2) is 71.3 Å². The van der Waals surface area contributed by atoms with E-state index in [-0.39, 0.29) is 11.6 Å². The van der Waals surface area contributed by atoms with Gasteiger partial charge < -0.3 is 14.5 Å². The van der Waals surface area contributed by atoms with Gasteiger partial charge in [-0.2, -0.15) is 4.68 Å². The van der Waals surface area contributed by atoms with Gasteiger partial charge in [0, 0.05) is 18.2 Å². The van der Waals surface area contributed by atoms with Crippen molar-refractivity contribution in [3.63, 3.8) is 0 Å². The van der Waals surface area contributed by atoms with Gasteiger partial charge in [-0.25, -0.2) is 0 Å². The SMILES string of the molecule is COc1ccc(C)cc1CCNC(=O)/C(=C/c1ccco1)n1nnnc1-c1ccccc1. The molecule has 0 bridgehead atoms. The number of ether oxygens (including phenoxy) is 1. The van der Waals surface area contributed by atoms with E-state index in [9.17, 15) is 4.79 Å². The van der Waals surface area contributed by atoms with Crippen molar-refractivity contribution in [3.8, 4) is 17.1 Å². The second-order valence-electron chi connectivity index (χ2n) is 7.15. The summed E-state index contributed by atoms with van der Waals surface area (Å²) in [6.07, 6.45) is 3.78. The number of benzene rings is 2. The molecular formula is C24H23N5O3. The Labute approximate surface area is 185 Å². The highest BCUT2D eigenvalue weighted by molar-refractivity contribution is 6.18. The molecule has 1 amide bonds. The quantitative estimate of drug-likeness (QED) is 0.430. The number of carbonyl (C=O) groups is 1. The van der Waals surface area contributed by atoms with Crippen LogP contribution < -0.4 is 10.1 Å². The number of aromatic nitrogens is 4. The van der Waals surface area contributed by atoms with Crippen molar-refractivity contribution in [2.75, 3.05) is 13.7 Å². The number of aryl methyl sites for hydroxylation is 1. The van der Waals surface area contributed by atoms with Crippen LogP contribution in [0.2, 0.25) is 0 Å². The number of hydrogen-bond donors (Lipinski definition) is 1. The predicted molar refractivity (Wildman–Crippen MR) is 121 cm³/mol.